The van der Waals surface area contributed by atoms with Crippen molar-refractivity contribution in [2.24, 2.45) is 0 Å². The zero-order valence-corrected chi connectivity index (χ0v) is 34.8. The Morgan fingerprint density at radius 3 is 1.16 bits per heavy atom. The van der Waals surface area contributed by atoms with Crippen LogP contribution >= 0.6 is 11.3 Å². The van der Waals surface area contributed by atoms with Crippen LogP contribution in [-0.4, -0.2) is 133 Å². The van der Waals surface area contributed by atoms with Crippen LogP contribution in [0.15, 0.2) is 84.9 Å². The first-order chi connectivity index (χ1) is 30.5. The van der Waals surface area contributed by atoms with Gasteiger partial charge in [-0.2, -0.15) is 0 Å². The quantitative estimate of drug-likeness (QED) is 0.158. The smallest absolute Gasteiger partial charge is 0.164 e. The maximum atomic E-state index is 7.31. The number of rotatable bonds is 6. The van der Waals surface area contributed by atoms with E-state index in [0.717, 1.165) is 22.5 Å². The molecule has 30 radical (unpaired) electrons. The largest absolute Gasteiger partial charge is 0.208 e. The van der Waals surface area contributed by atoms with Gasteiger partial charge in [0.15, 0.2) is 17.5 Å². The van der Waals surface area contributed by atoms with Crippen molar-refractivity contribution in [3.63, 3.8) is 0 Å². The molecular weight excluding hydrogens is 777 g/mol. The molecule has 2 heterocycles. The summed E-state index contributed by atoms with van der Waals surface area (Å²) < 4.78 is 0.840. The van der Waals surface area contributed by atoms with E-state index < -0.39 is 0 Å². The fourth-order valence-electron chi connectivity index (χ4n) is 8.13. The molecule has 0 saturated carbocycles. The maximum absolute atomic E-state index is 7.31. The highest BCUT2D eigenvalue weighted by Crippen LogP contribution is 2.38. The average molecular weight is 791 g/mol. The number of aromatic nitrogens is 3. The summed E-state index contributed by atoms with van der Waals surface area (Å²) >= 11 is 1.16. The summed E-state index contributed by atoms with van der Waals surface area (Å²) in [6.45, 7) is 0. The van der Waals surface area contributed by atoms with E-state index in [2.05, 4.69) is 0 Å². The van der Waals surface area contributed by atoms with Crippen molar-refractivity contribution in [3.05, 3.63) is 84.9 Å². The molecule has 0 aliphatic heterocycles. The maximum Gasteiger partial charge on any atom is 0.164 e. The minimum atomic E-state index is -0.0551. The van der Waals surface area contributed by atoms with Crippen LogP contribution in [0.3, 0.4) is 0 Å². The molecule has 19 heteroatoms. The Bertz CT molecular complexity index is 3410. The third-order valence-electron chi connectivity index (χ3n) is 11.6. The molecule has 0 saturated heterocycles. The van der Waals surface area contributed by atoms with Gasteiger partial charge in [0.25, 0.3) is 0 Å². The summed E-state index contributed by atoms with van der Waals surface area (Å²) in [4.78, 5) is 14.7. The van der Waals surface area contributed by atoms with Gasteiger partial charge in [0, 0.05) is 31.5 Å². The SMILES string of the molecule is [B]c1c([B])c([B])c(-c2c([B])c(-c3c([B])c([B])c([B])c(-c4nc(-c5ccccc5)nc(-c5ccc(-c6ccccc6)cc5)n4)c3[B])c([B])c3sc4c([B])c([B])c([B])c([B])c4c23)c([B])c1[B]. The van der Waals surface area contributed by atoms with Crippen LogP contribution in [-0.2, 0) is 0 Å². The monoisotopic (exact) mass is 793 g/mol. The topological polar surface area (TPSA) is 38.7 Å². The van der Waals surface area contributed by atoms with E-state index in [1.165, 1.54) is 0 Å². The van der Waals surface area contributed by atoms with Crippen molar-refractivity contribution in [1.82, 2.24) is 15.0 Å². The van der Waals surface area contributed by atoms with Gasteiger partial charge in [0.2, 0.25) is 0 Å². The Hall–Kier alpha value is -5.26. The molecule has 9 rings (SSSR count). The molecule has 7 aromatic carbocycles. The number of hydrogen-bond donors (Lipinski definition) is 0. The number of benzene rings is 7. The molecule has 0 fully saturated rings. The van der Waals surface area contributed by atoms with Gasteiger partial charge in [0.1, 0.15) is 118 Å². The summed E-state index contributed by atoms with van der Waals surface area (Å²) in [5.41, 5.74) is 4.20. The summed E-state index contributed by atoms with van der Waals surface area (Å²) in [5, 5.41) is 0.739. The zero-order valence-electron chi connectivity index (χ0n) is 34.0. The molecule has 0 unspecified atom stereocenters. The molecule has 0 spiro atoms. The molecule has 0 aliphatic carbocycles. The van der Waals surface area contributed by atoms with E-state index in [1.807, 2.05) is 84.9 Å². The standard InChI is InChI=1S/C45H14B15N3S/c46-26-19(21-28(48)35(55)38(58)36(56)29(21)49)20-24-31(51)37(57)39(59)40(60)42(24)64-41(20)33(53)23(26)22-27(47)25(32(52)34(54)30(22)50)45-62-43(17-9-5-2-6-10-17)61-44(63-45)18-13-11-16(12-14-18)15-7-3-1-4-8-15/h1-14H. The van der Waals surface area contributed by atoms with E-state index in [0.29, 0.717) is 42.9 Å². The van der Waals surface area contributed by atoms with Crippen LogP contribution in [0.1, 0.15) is 0 Å². The second kappa shape index (κ2) is 16.6. The second-order valence-corrected chi connectivity index (χ2v) is 16.2. The molecule has 260 valence electrons. The van der Waals surface area contributed by atoms with Crippen LogP contribution in [0, 0.1) is 0 Å². The Kier molecular flexibility index (Phi) is 11.4. The van der Waals surface area contributed by atoms with Gasteiger partial charge < -0.3 is 0 Å². The summed E-state index contributed by atoms with van der Waals surface area (Å²) in [6.07, 6.45) is 0. The van der Waals surface area contributed by atoms with E-state index in [1.54, 1.807) is 0 Å². The highest BCUT2D eigenvalue weighted by molar-refractivity contribution is 7.28. The van der Waals surface area contributed by atoms with Crippen molar-refractivity contribution in [3.8, 4) is 67.5 Å². The van der Waals surface area contributed by atoms with E-state index >= 15 is 0 Å². The van der Waals surface area contributed by atoms with Gasteiger partial charge in [-0.1, -0.05) is 134 Å². The van der Waals surface area contributed by atoms with Gasteiger partial charge in [-0.15, -0.1) is 44.1 Å². The molecule has 0 atom stereocenters. The van der Waals surface area contributed by atoms with E-state index in [9.17, 15) is 0 Å². The lowest BCUT2D eigenvalue weighted by atomic mass is 9.57. The lowest BCUT2D eigenvalue weighted by Crippen LogP contribution is -2.55. The summed E-state index contributed by atoms with van der Waals surface area (Å²) in [5.74, 6) is 0.735. The fraction of sp³-hybridized carbons (Fsp3) is 0. The average Bonchev–Trinajstić information content (AvgIpc) is 3.72. The van der Waals surface area contributed by atoms with Crippen molar-refractivity contribution >= 4 is 231 Å². The number of thiophene rings is 1. The van der Waals surface area contributed by atoms with Gasteiger partial charge in [-0.25, -0.2) is 15.0 Å². The van der Waals surface area contributed by atoms with Crippen molar-refractivity contribution < 1.29 is 0 Å². The van der Waals surface area contributed by atoms with Crippen molar-refractivity contribution in [2.75, 3.05) is 0 Å². The molecule has 2 aromatic heterocycles. The van der Waals surface area contributed by atoms with Crippen LogP contribution in [0.4, 0.5) is 0 Å². The van der Waals surface area contributed by atoms with Crippen LogP contribution in [0.2, 0.25) is 0 Å². The lowest BCUT2D eigenvalue weighted by Gasteiger charge is -2.29. The molecular formula is C45H14B15N3S. The summed E-state index contributed by atoms with van der Waals surface area (Å²) in [6, 6.07) is 27.1. The van der Waals surface area contributed by atoms with Crippen LogP contribution < -0.4 is 81.9 Å². The van der Waals surface area contributed by atoms with Crippen LogP contribution in [0.25, 0.3) is 87.7 Å². The predicted octanol–water partition coefficient (Wildman–Crippen LogP) is -5.85. The first-order valence-electron chi connectivity index (χ1n) is 19.5. The second-order valence-electron chi connectivity index (χ2n) is 15.2. The number of fused-ring (bicyclic) bond motifs is 3. The van der Waals surface area contributed by atoms with Crippen LogP contribution in [0.5, 0.6) is 0 Å². The molecule has 64 heavy (non-hydrogen) atoms. The minimum Gasteiger partial charge on any atom is -0.208 e. The molecule has 0 amide bonds. The van der Waals surface area contributed by atoms with Crippen molar-refractivity contribution in [1.29, 1.82) is 0 Å². The Balaban J connectivity index is 1.38. The first-order valence-corrected chi connectivity index (χ1v) is 20.3. The highest BCUT2D eigenvalue weighted by atomic mass is 32.1. The molecule has 0 bridgehead atoms. The first kappa shape index (κ1) is 44.0. The number of nitrogens with zero attached hydrogens (tertiary/aromatic N) is 3. The van der Waals surface area contributed by atoms with Gasteiger partial charge in [-0.3, -0.25) is 0 Å². The van der Waals surface area contributed by atoms with E-state index in [-0.39, 0.29) is 116 Å². The Labute approximate surface area is 396 Å². The zero-order chi connectivity index (χ0) is 45.6. The normalized spacial score (nSPS) is 11.4. The molecule has 3 nitrogen and oxygen atoms in total. The summed E-state index contributed by atoms with van der Waals surface area (Å²) in [7, 11) is 101. The molecule has 9 aromatic rings. The van der Waals surface area contributed by atoms with Crippen molar-refractivity contribution in [2.45, 2.75) is 0 Å². The van der Waals surface area contributed by atoms with Gasteiger partial charge >= 0.3 is 0 Å². The van der Waals surface area contributed by atoms with Gasteiger partial charge in [0.05, 0.1) is 0 Å². The Morgan fingerprint density at radius 2 is 0.594 bits per heavy atom. The molecule has 0 aliphatic rings. The lowest BCUT2D eigenvalue weighted by molar-refractivity contribution is 1.08. The third kappa shape index (κ3) is 6.82. The van der Waals surface area contributed by atoms with E-state index in [4.69, 9.17) is 133 Å². The fourth-order valence-corrected chi connectivity index (χ4v) is 9.39. The van der Waals surface area contributed by atoms with Gasteiger partial charge in [-0.05, 0) is 38.8 Å². The predicted molar refractivity (Wildman–Crippen MR) is 286 cm³/mol. The Morgan fingerprint density at radius 1 is 0.250 bits per heavy atom. The molecule has 0 N–H and O–H groups in total. The highest BCUT2D eigenvalue weighted by Gasteiger charge is 2.28. The minimum absolute atomic E-state index is 0.00582. The number of hydrogen-bond acceptors (Lipinski definition) is 4. The third-order valence-corrected chi connectivity index (χ3v) is 12.8.